The molecule has 0 saturated carbocycles. The lowest BCUT2D eigenvalue weighted by molar-refractivity contribution is 0.0697. The van der Waals surface area contributed by atoms with Crippen LogP contribution in [0.25, 0.3) is 33.4 Å². The summed E-state index contributed by atoms with van der Waals surface area (Å²) in [5, 5.41) is 9.32. The smallest absolute Gasteiger partial charge is 0.335 e. The van der Waals surface area contributed by atoms with Crippen molar-refractivity contribution in [2.24, 2.45) is 0 Å². The zero-order valence-corrected chi connectivity index (χ0v) is 22.3. The molecule has 0 atom stereocenters. The van der Waals surface area contributed by atoms with Crippen LogP contribution in [0.4, 0.5) is 0 Å². The van der Waals surface area contributed by atoms with Crippen LogP contribution in [0, 0.1) is 0 Å². The molecule has 1 aliphatic rings. The molecule has 0 amide bonds. The van der Waals surface area contributed by atoms with Gasteiger partial charge in [-0.15, -0.1) is 0 Å². The van der Waals surface area contributed by atoms with Crippen molar-refractivity contribution in [3.05, 3.63) is 102 Å². The molecule has 4 aromatic carbocycles. The number of carbonyl (C=O) groups is 1. The van der Waals surface area contributed by atoms with E-state index in [0.29, 0.717) is 0 Å². The van der Waals surface area contributed by atoms with Gasteiger partial charge in [0.1, 0.15) is 5.75 Å². The summed E-state index contributed by atoms with van der Waals surface area (Å²) < 4.78 is 6.04. The molecule has 0 fully saturated rings. The molecule has 1 N–H and O–H groups in total. The van der Waals surface area contributed by atoms with Crippen LogP contribution < -0.4 is 4.74 Å². The minimum atomic E-state index is -0.920. The third kappa shape index (κ3) is 4.55. The standard InChI is InChI=1S/C34H34O3/c1-33(2)17-18-34(3,4)30-21-31(37-5)28(20-29(30)33)27-19-25(22-11-13-24(14-12-22)32(35)36)15-16-26(27)23-9-7-6-8-10-23/h6-16,19-21H,17-18H2,1-5H3,(H,35,36). The lowest BCUT2D eigenvalue weighted by atomic mass is 9.62. The lowest BCUT2D eigenvalue weighted by Crippen LogP contribution is -2.33. The maximum Gasteiger partial charge on any atom is 0.335 e. The Bertz CT molecular complexity index is 1460. The van der Waals surface area contributed by atoms with Gasteiger partial charge in [0, 0.05) is 5.56 Å². The maximum absolute atomic E-state index is 11.4. The third-order valence-electron chi connectivity index (χ3n) is 8.03. The van der Waals surface area contributed by atoms with Gasteiger partial charge in [-0.25, -0.2) is 4.79 Å². The predicted molar refractivity (Wildman–Crippen MR) is 152 cm³/mol. The quantitative estimate of drug-likeness (QED) is 0.304. The highest BCUT2D eigenvalue weighted by Crippen LogP contribution is 2.50. The predicted octanol–water partition coefficient (Wildman–Crippen LogP) is 8.74. The number of benzene rings is 4. The Kier molecular flexibility index (Phi) is 6.19. The highest BCUT2D eigenvalue weighted by Gasteiger charge is 2.38. The van der Waals surface area contributed by atoms with Crippen molar-refractivity contribution in [2.75, 3.05) is 7.11 Å². The molecule has 0 aliphatic heterocycles. The largest absolute Gasteiger partial charge is 0.496 e. The zero-order valence-electron chi connectivity index (χ0n) is 22.3. The van der Waals surface area contributed by atoms with E-state index < -0.39 is 5.97 Å². The number of carboxylic acids is 1. The van der Waals surface area contributed by atoms with Crippen LogP contribution in [-0.4, -0.2) is 18.2 Å². The molecular weight excluding hydrogens is 456 g/mol. The van der Waals surface area contributed by atoms with Crippen molar-refractivity contribution in [2.45, 2.75) is 51.4 Å². The number of fused-ring (bicyclic) bond motifs is 1. The van der Waals surface area contributed by atoms with E-state index in [9.17, 15) is 9.90 Å². The SMILES string of the molecule is COc1cc2c(cc1-c1cc(-c3ccc(C(=O)O)cc3)ccc1-c1ccccc1)C(C)(C)CCC2(C)C. The fourth-order valence-corrected chi connectivity index (χ4v) is 5.59. The number of aromatic carboxylic acids is 1. The van der Waals surface area contributed by atoms with Crippen LogP contribution in [0.5, 0.6) is 5.75 Å². The van der Waals surface area contributed by atoms with Crippen LogP contribution >= 0.6 is 0 Å². The first-order valence-electron chi connectivity index (χ1n) is 12.9. The second-order valence-electron chi connectivity index (χ2n) is 11.4. The topological polar surface area (TPSA) is 46.5 Å². The van der Waals surface area contributed by atoms with Crippen molar-refractivity contribution >= 4 is 5.97 Å². The van der Waals surface area contributed by atoms with Gasteiger partial charge in [0.05, 0.1) is 12.7 Å². The van der Waals surface area contributed by atoms with Gasteiger partial charge in [-0.1, -0.05) is 82.3 Å². The van der Waals surface area contributed by atoms with Crippen LogP contribution in [-0.2, 0) is 10.8 Å². The van der Waals surface area contributed by atoms with E-state index in [-0.39, 0.29) is 16.4 Å². The van der Waals surface area contributed by atoms with Crippen LogP contribution in [0.1, 0.15) is 62.0 Å². The Hall–Kier alpha value is -3.85. The highest BCUT2D eigenvalue weighted by atomic mass is 16.5. The van der Waals surface area contributed by atoms with Gasteiger partial charge in [0.25, 0.3) is 0 Å². The number of ether oxygens (including phenoxy) is 1. The molecule has 0 radical (unpaired) electrons. The molecule has 4 aromatic rings. The molecule has 0 heterocycles. The molecule has 0 bridgehead atoms. The summed E-state index contributed by atoms with van der Waals surface area (Å²) in [7, 11) is 1.75. The Morgan fingerprint density at radius 1 is 0.676 bits per heavy atom. The summed E-state index contributed by atoms with van der Waals surface area (Å²) in [6.45, 7) is 9.35. The second-order valence-corrected chi connectivity index (χ2v) is 11.4. The Labute approximate surface area is 219 Å². The number of rotatable bonds is 5. The number of methoxy groups -OCH3 is 1. The first kappa shape index (κ1) is 24.8. The van der Waals surface area contributed by atoms with Gasteiger partial charge in [-0.05, 0) is 92.9 Å². The zero-order chi connectivity index (χ0) is 26.4. The molecule has 0 saturated heterocycles. The molecule has 37 heavy (non-hydrogen) atoms. The van der Waals surface area contributed by atoms with E-state index in [1.54, 1.807) is 19.2 Å². The first-order valence-corrected chi connectivity index (χ1v) is 12.9. The van der Waals surface area contributed by atoms with Crippen LogP contribution in [0.15, 0.2) is 84.9 Å². The second kappa shape index (κ2) is 9.23. The number of hydrogen-bond donors (Lipinski definition) is 1. The van der Waals surface area contributed by atoms with E-state index in [0.717, 1.165) is 52.0 Å². The molecule has 0 unspecified atom stereocenters. The maximum atomic E-state index is 11.4. The van der Waals surface area contributed by atoms with E-state index in [1.807, 2.05) is 18.2 Å². The Morgan fingerprint density at radius 3 is 1.86 bits per heavy atom. The minimum absolute atomic E-state index is 0.0725. The van der Waals surface area contributed by atoms with E-state index >= 15 is 0 Å². The van der Waals surface area contributed by atoms with Crippen LogP contribution in [0.2, 0.25) is 0 Å². The molecule has 188 valence electrons. The van der Waals surface area contributed by atoms with Gasteiger partial charge in [-0.3, -0.25) is 0 Å². The first-order chi connectivity index (χ1) is 17.6. The van der Waals surface area contributed by atoms with Crippen molar-refractivity contribution in [3.8, 4) is 39.1 Å². The van der Waals surface area contributed by atoms with Gasteiger partial charge in [0.2, 0.25) is 0 Å². The molecule has 5 rings (SSSR count). The summed E-state index contributed by atoms with van der Waals surface area (Å²) >= 11 is 0. The average molecular weight is 491 g/mol. The van der Waals surface area contributed by atoms with E-state index in [4.69, 9.17) is 4.74 Å². The number of carboxylic acid groups (broad SMARTS) is 1. The normalized spacial score (nSPS) is 15.6. The molecule has 3 nitrogen and oxygen atoms in total. The molecular formula is C34H34O3. The van der Waals surface area contributed by atoms with Gasteiger partial charge >= 0.3 is 5.97 Å². The van der Waals surface area contributed by atoms with E-state index in [2.05, 4.69) is 82.3 Å². The van der Waals surface area contributed by atoms with Gasteiger partial charge in [0.15, 0.2) is 0 Å². The summed E-state index contributed by atoms with van der Waals surface area (Å²) in [5.74, 6) is -0.0453. The monoisotopic (exact) mass is 490 g/mol. The van der Waals surface area contributed by atoms with Crippen LogP contribution in [0.3, 0.4) is 0 Å². The summed E-state index contributed by atoms with van der Waals surface area (Å²) in [6, 6.07) is 28.6. The Balaban J connectivity index is 1.76. The molecule has 0 aromatic heterocycles. The average Bonchev–Trinajstić information content (AvgIpc) is 2.91. The van der Waals surface area contributed by atoms with Crippen molar-refractivity contribution in [1.82, 2.24) is 0 Å². The third-order valence-corrected chi connectivity index (χ3v) is 8.03. The molecule has 0 spiro atoms. The van der Waals surface area contributed by atoms with Crippen molar-refractivity contribution in [3.63, 3.8) is 0 Å². The Morgan fingerprint density at radius 2 is 1.27 bits per heavy atom. The molecule has 3 heteroatoms. The summed E-state index contributed by atoms with van der Waals surface area (Å²) in [6.07, 6.45) is 2.28. The minimum Gasteiger partial charge on any atom is -0.496 e. The highest BCUT2D eigenvalue weighted by molar-refractivity contribution is 5.91. The summed E-state index contributed by atoms with van der Waals surface area (Å²) in [4.78, 5) is 11.4. The number of hydrogen-bond acceptors (Lipinski definition) is 2. The summed E-state index contributed by atoms with van der Waals surface area (Å²) in [5.41, 5.74) is 9.67. The van der Waals surface area contributed by atoms with Gasteiger partial charge < -0.3 is 9.84 Å². The fraction of sp³-hybridized carbons (Fsp3) is 0.265. The molecule has 1 aliphatic carbocycles. The van der Waals surface area contributed by atoms with Crippen molar-refractivity contribution in [1.29, 1.82) is 0 Å². The van der Waals surface area contributed by atoms with Gasteiger partial charge in [-0.2, -0.15) is 0 Å². The van der Waals surface area contributed by atoms with E-state index in [1.165, 1.54) is 11.1 Å². The fourth-order valence-electron chi connectivity index (χ4n) is 5.59. The lowest BCUT2D eigenvalue weighted by Gasteiger charge is -2.42. The van der Waals surface area contributed by atoms with Crippen molar-refractivity contribution < 1.29 is 14.6 Å².